The summed E-state index contributed by atoms with van der Waals surface area (Å²) in [7, 11) is -2.04. The van der Waals surface area contributed by atoms with Crippen molar-refractivity contribution in [1.29, 1.82) is 0 Å². The molecule has 41 heavy (non-hydrogen) atoms. The summed E-state index contributed by atoms with van der Waals surface area (Å²) in [4.78, 5) is 1.92. The number of aliphatic hydroxyl groups is 1. The summed E-state index contributed by atoms with van der Waals surface area (Å²) in [6.07, 6.45) is -4.15. The number of rotatable bonds is 9. The second kappa shape index (κ2) is 12.6. The maximum atomic E-state index is 14.9. The van der Waals surface area contributed by atoms with Crippen LogP contribution in [0.3, 0.4) is 0 Å². The number of anilines is 2. The third-order valence-corrected chi connectivity index (χ3v) is 7.96. The molecule has 0 saturated carbocycles. The van der Waals surface area contributed by atoms with Crippen LogP contribution in [-0.4, -0.2) is 87.5 Å². The Labute approximate surface area is 236 Å². The third-order valence-electron chi connectivity index (χ3n) is 6.85. The predicted octanol–water partition coefficient (Wildman–Crippen LogP) is 3.90. The van der Waals surface area contributed by atoms with Crippen molar-refractivity contribution in [2.45, 2.75) is 36.3 Å². The van der Waals surface area contributed by atoms with Crippen LogP contribution in [0.4, 0.5) is 28.9 Å². The van der Waals surface area contributed by atoms with Gasteiger partial charge >= 0.3 is 6.18 Å². The number of β-amino-alcohol motifs (C(OH)–C–C–N with tert-alkyl or cyclic N) is 1. The van der Waals surface area contributed by atoms with Gasteiger partial charge in [0.05, 0.1) is 48.1 Å². The molecule has 3 aromatic rings. The Morgan fingerprint density at radius 3 is 2.61 bits per heavy atom. The Kier molecular flexibility index (Phi) is 9.36. The van der Waals surface area contributed by atoms with Crippen molar-refractivity contribution in [2.75, 3.05) is 56.8 Å². The molecule has 2 heterocycles. The first-order chi connectivity index (χ1) is 19.4. The maximum Gasteiger partial charge on any atom is 0.406 e. The van der Waals surface area contributed by atoms with Gasteiger partial charge < -0.3 is 25.0 Å². The predicted molar refractivity (Wildman–Crippen MR) is 150 cm³/mol. The number of nitrogens with zero attached hydrogens (tertiary/aromatic N) is 2. The van der Waals surface area contributed by atoms with E-state index >= 15 is 0 Å². The summed E-state index contributed by atoms with van der Waals surface area (Å²) in [5, 5.41) is 15.8. The van der Waals surface area contributed by atoms with E-state index in [-0.39, 0.29) is 36.0 Å². The molecular formula is C28H32F4N4O4S. The number of sulfone groups is 1. The van der Waals surface area contributed by atoms with Crippen LogP contribution in [-0.2, 0) is 16.4 Å². The Bertz CT molecular complexity index is 1550. The normalized spacial score (nSPS) is 18.1. The Morgan fingerprint density at radius 1 is 1.17 bits per heavy atom. The zero-order valence-electron chi connectivity index (χ0n) is 22.6. The van der Waals surface area contributed by atoms with E-state index in [2.05, 4.69) is 22.5 Å². The summed E-state index contributed by atoms with van der Waals surface area (Å²) in [6.45, 7) is -0.117. The van der Waals surface area contributed by atoms with Gasteiger partial charge in [0.25, 0.3) is 0 Å². The lowest BCUT2D eigenvalue weighted by Crippen LogP contribution is -2.48. The third kappa shape index (κ3) is 7.63. The summed E-state index contributed by atoms with van der Waals surface area (Å²) in [5.41, 5.74) is 1.45. The second-order valence-corrected chi connectivity index (χ2v) is 11.9. The Hall–Kier alpha value is -3.47. The highest BCUT2D eigenvalue weighted by Gasteiger charge is 2.31. The maximum absolute atomic E-state index is 14.9. The number of aliphatic hydroxyl groups excluding tert-OH is 1. The van der Waals surface area contributed by atoms with Gasteiger partial charge in [-0.25, -0.2) is 12.8 Å². The number of ether oxygens (including phenoxy) is 1. The van der Waals surface area contributed by atoms with Crippen molar-refractivity contribution < 1.29 is 35.8 Å². The summed E-state index contributed by atoms with van der Waals surface area (Å²) in [5.74, 6) is 5.92. The zero-order valence-corrected chi connectivity index (χ0v) is 23.4. The van der Waals surface area contributed by atoms with Crippen LogP contribution >= 0.6 is 0 Å². The Morgan fingerprint density at radius 2 is 1.95 bits per heavy atom. The SMILES string of the molecule is COc1cc(S(C)(=O)=O)ccc1NCC#Cc1cc2c(N[C@H]3CCN(CCO)C[C@H]3F)cccc2n1CC(F)(F)F. The van der Waals surface area contributed by atoms with Crippen LogP contribution in [0.15, 0.2) is 47.4 Å². The average Bonchev–Trinajstić information content (AvgIpc) is 3.24. The molecule has 0 radical (unpaired) electrons. The molecule has 222 valence electrons. The van der Waals surface area contributed by atoms with Crippen molar-refractivity contribution in [3.63, 3.8) is 0 Å². The fraction of sp³-hybridized carbons (Fsp3) is 0.429. The van der Waals surface area contributed by atoms with Gasteiger partial charge in [0, 0.05) is 43.0 Å². The van der Waals surface area contributed by atoms with Gasteiger partial charge in [-0.2, -0.15) is 13.2 Å². The van der Waals surface area contributed by atoms with Crippen molar-refractivity contribution in [3.8, 4) is 17.6 Å². The van der Waals surface area contributed by atoms with Crippen molar-refractivity contribution >= 4 is 32.1 Å². The molecule has 4 rings (SSSR count). The molecule has 0 spiro atoms. The summed E-state index contributed by atoms with van der Waals surface area (Å²) in [6, 6.07) is 10.3. The van der Waals surface area contributed by atoms with Crippen LogP contribution in [0.1, 0.15) is 12.1 Å². The number of likely N-dealkylation sites (tertiary alicyclic amines) is 1. The van der Waals surface area contributed by atoms with Crippen molar-refractivity contribution in [3.05, 3.63) is 48.2 Å². The second-order valence-electron chi connectivity index (χ2n) is 9.84. The minimum atomic E-state index is -4.50. The quantitative estimate of drug-likeness (QED) is 0.255. The minimum Gasteiger partial charge on any atom is -0.495 e. The zero-order chi connectivity index (χ0) is 29.8. The largest absolute Gasteiger partial charge is 0.495 e. The van der Waals surface area contributed by atoms with Gasteiger partial charge in [0.1, 0.15) is 18.5 Å². The van der Waals surface area contributed by atoms with E-state index < -0.39 is 34.8 Å². The highest BCUT2D eigenvalue weighted by Crippen LogP contribution is 2.32. The fourth-order valence-corrected chi connectivity index (χ4v) is 5.50. The number of alkyl halides is 4. The molecule has 1 fully saturated rings. The molecule has 0 unspecified atom stereocenters. The standard InChI is InChI=1S/C28H32F4N4O4S/c1-40-27-16-20(41(2,38)39)8-9-25(27)33-11-4-5-19-15-21-23(6-3-7-26(21)36(19)18-28(30,31)32)34-24-10-12-35(13-14-37)17-22(24)29/h3,6-9,15-16,22,24,33-34,37H,10-14,17-18H2,1-2H3/t22-,24+/m1/s1. The van der Waals surface area contributed by atoms with Crippen LogP contribution in [0.5, 0.6) is 5.75 Å². The van der Waals surface area contributed by atoms with Crippen molar-refractivity contribution in [1.82, 2.24) is 9.47 Å². The lowest BCUT2D eigenvalue weighted by atomic mass is 10.0. The van der Waals surface area contributed by atoms with E-state index in [1.54, 1.807) is 24.3 Å². The number of aromatic nitrogens is 1. The molecule has 1 aliphatic rings. The van der Waals surface area contributed by atoms with Gasteiger partial charge in [0.2, 0.25) is 0 Å². The molecule has 8 nitrogen and oxygen atoms in total. The molecule has 3 N–H and O–H groups in total. The van der Waals surface area contributed by atoms with Crippen LogP contribution in [0.2, 0.25) is 0 Å². The highest BCUT2D eigenvalue weighted by atomic mass is 32.2. The monoisotopic (exact) mass is 596 g/mol. The number of nitrogens with one attached hydrogen (secondary N) is 2. The number of benzene rings is 2. The highest BCUT2D eigenvalue weighted by molar-refractivity contribution is 7.90. The first-order valence-electron chi connectivity index (χ1n) is 12.9. The number of hydrogen-bond donors (Lipinski definition) is 3. The molecule has 0 bridgehead atoms. The van der Waals surface area contributed by atoms with Gasteiger partial charge in [0.15, 0.2) is 9.84 Å². The van der Waals surface area contributed by atoms with Crippen molar-refractivity contribution in [2.24, 2.45) is 0 Å². The number of hydrogen-bond acceptors (Lipinski definition) is 7. The van der Waals surface area contributed by atoms with Gasteiger partial charge in [-0.3, -0.25) is 4.90 Å². The molecule has 13 heteroatoms. The topological polar surface area (TPSA) is 95.8 Å². The van der Waals surface area contributed by atoms with E-state index in [1.165, 1.54) is 25.3 Å². The molecule has 0 amide bonds. The van der Waals surface area contributed by atoms with Gasteiger partial charge in [-0.05, 0) is 42.7 Å². The van der Waals surface area contributed by atoms with E-state index in [0.717, 1.165) is 10.8 Å². The molecular weight excluding hydrogens is 564 g/mol. The molecule has 1 saturated heterocycles. The van der Waals surface area contributed by atoms with Gasteiger partial charge in [-0.15, -0.1) is 0 Å². The van der Waals surface area contributed by atoms with E-state index in [9.17, 15) is 26.0 Å². The number of piperidine rings is 1. The molecule has 0 aliphatic carbocycles. The van der Waals surface area contributed by atoms with E-state index in [1.807, 2.05) is 4.90 Å². The molecule has 2 aromatic carbocycles. The number of fused-ring (bicyclic) bond motifs is 1. The number of methoxy groups -OCH3 is 1. The number of halogens is 4. The lowest BCUT2D eigenvalue weighted by molar-refractivity contribution is -0.140. The van der Waals surface area contributed by atoms with Crippen LogP contribution in [0.25, 0.3) is 10.9 Å². The first-order valence-corrected chi connectivity index (χ1v) is 14.8. The Balaban J connectivity index is 1.58. The molecule has 1 aliphatic heterocycles. The van der Waals surface area contributed by atoms with Crippen LogP contribution < -0.4 is 15.4 Å². The smallest absolute Gasteiger partial charge is 0.406 e. The van der Waals surface area contributed by atoms with E-state index in [0.29, 0.717) is 41.8 Å². The van der Waals surface area contributed by atoms with E-state index in [4.69, 9.17) is 9.84 Å². The van der Waals surface area contributed by atoms with Gasteiger partial charge in [-0.1, -0.05) is 12.0 Å². The fourth-order valence-electron chi connectivity index (χ4n) is 4.86. The molecule has 1 aromatic heterocycles. The lowest BCUT2D eigenvalue weighted by Gasteiger charge is -2.35. The minimum absolute atomic E-state index is 0.0448. The average molecular weight is 597 g/mol. The summed E-state index contributed by atoms with van der Waals surface area (Å²) >= 11 is 0. The van der Waals surface area contributed by atoms with Crippen LogP contribution in [0, 0.1) is 11.8 Å². The first kappa shape index (κ1) is 30.5. The summed E-state index contributed by atoms with van der Waals surface area (Å²) < 4.78 is 85.5. The molecule has 2 atom stereocenters.